The summed E-state index contributed by atoms with van der Waals surface area (Å²) in [7, 11) is 0. The van der Waals surface area contributed by atoms with Crippen molar-refractivity contribution in [2.45, 2.75) is 38.5 Å². The van der Waals surface area contributed by atoms with E-state index in [0.29, 0.717) is 6.54 Å². The third-order valence-electron chi connectivity index (χ3n) is 4.51. The maximum atomic E-state index is 12.4. The molecule has 6 heteroatoms. The number of carboxylic acid groups (broad SMARTS) is 2. The lowest BCUT2D eigenvalue weighted by molar-refractivity contribution is -0.160. The van der Waals surface area contributed by atoms with E-state index >= 15 is 0 Å². The van der Waals surface area contributed by atoms with E-state index in [1.54, 1.807) is 4.90 Å². The Hall–Kier alpha value is -1.59. The molecule has 1 saturated heterocycles. The number of carboxylic acids is 2. The first-order valence-electron chi connectivity index (χ1n) is 7.25. The summed E-state index contributed by atoms with van der Waals surface area (Å²) >= 11 is 0. The Bertz CT molecular complexity index is 402. The van der Waals surface area contributed by atoms with Crippen LogP contribution in [0.2, 0.25) is 0 Å². The first kappa shape index (κ1) is 14.8. The fraction of sp³-hybridized carbons (Fsp3) is 0.786. The van der Waals surface area contributed by atoms with Crippen molar-refractivity contribution < 1.29 is 24.6 Å². The minimum Gasteiger partial charge on any atom is -0.481 e. The molecule has 2 atom stereocenters. The number of hydrogen-bond acceptors (Lipinski definition) is 3. The normalized spacial score (nSPS) is 28.1. The number of carbonyl (C=O) groups excluding carboxylic acids is 1. The second kappa shape index (κ2) is 6.24. The van der Waals surface area contributed by atoms with E-state index in [4.69, 9.17) is 10.2 Å². The van der Waals surface area contributed by atoms with Crippen LogP contribution in [0.4, 0.5) is 0 Å². The summed E-state index contributed by atoms with van der Waals surface area (Å²) < 4.78 is 0. The lowest BCUT2D eigenvalue weighted by Gasteiger charge is -2.37. The van der Waals surface area contributed by atoms with Crippen LogP contribution in [0.3, 0.4) is 0 Å². The Morgan fingerprint density at radius 1 is 0.850 bits per heavy atom. The standard InChI is InChI=1S/C14H21NO5/c16-12(9-4-2-1-3-5-9)15-7-6-10(13(17)18)11(8-15)14(19)20/h9-11H,1-8H2,(H,17,18)(H,19,20). The maximum absolute atomic E-state index is 12.4. The van der Waals surface area contributed by atoms with E-state index in [9.17, 15) is 14.4 Å². The fourth-order valence-electron chi connectivity index (χ4n) is 3.31. The highest BCUT2D eigenvalue weighted by atomic mass is 16.4. The molecule has 0 aromatic rings. The van der Waals surface area contributed by atoms with Gasteiger partial charge in [-0.15, -0.1) is 0 Å². The first-order chi connectivity index (χ1) is 9.50. The molecule has 0 spiro atoms. The number of rotatable bonds is 3. The van der Waals surface area contributed by atoms with Crippen LogP contribution >= 0.6 is 0 Å². The number of aliphatic carboxylic acids is 2. The Kier molecular flexibility index (Phi) is 4.62. The van der Waals surface area contributed by atoms with E-state index in [1.807, 2.05) is 0 Å². The molecule has 1 aliphatic heterocycles. The number of nitrogens with zero attached hydrogens (tertiary/aromatic N) is 1. The van der Waals surface area contributed by atoms with Gasteiger partial charge in [0.2, 0.25) is 5.91 Å². The van der Waals surface area contributed by atoms with E-state index in [1.165, 1.54) is 0 Å². The smallest absolute Gasteiger partial charge is 0.309 e. The van der Waals surface area contributed by atoms with Crippen LogP contribution in [-0.2, 0) is 14.4 Å². The zero-order valence-corrected chi connectivity index (χ0v) is 11.5. The summed E-state index contributed by atoms with van der Waals surface area (Å²) in [6, 6.07) is 0. The van der Waals surface area contributed by atoms with Crippen molar-refractivity contribution in [1.29, 1.82) is 0 Å². The van der Waals surface area contributed by atoms with Crippen molar-refractivity contribution in [3.8, 4) is 0 Å². The Morgan fingerprint density at radius 3 is 2.00 bits per heavy atom. The molecular weight excluding hydrogens is 262 g/mol. The highest BCUT2D eigenvalue weighted by Crippen LogP contribution is 2.29. The van der Waals surface area contributed by atoms with Gasteiger partial charge in [0, 0.05) is 19.0 Å². The van der Waals surface area contributed by atoms with E-state index in [0.717, 1.165) is 32.1 Å². The van der Waals surface area contributed by atoms with Crippen LogP contribution in [0.15, 0.2) is 0 Å². The van der Waals surface area contributed by atoms with Gasteiger partial charge in [0.25, 0.3) is 0 Å². The van der Waals surface area contributed by atoms with Gasteiger partial charge >= 0.3 is 11.9 Å². The molecule has 0 radical (unpaired) electrons. The van der Waals surface area contributed by atoms with Crippen molar-refractivity contribution in [1.82, 2.24) is 4.90 Å². The van der Waals surface area contributed by atoms with Gasteiger partial charge in [-0.1, -0.05) is 19.3 Å². The van der Waals surface area contributed by atoms with Crippen LogP contribution in [0, 0.1) is 17.8 Å². The molecule has 6 nitrogen and oxygen atoms in total. The van der Waals surface area contributed by atoms with E-state index in [-0.39, 0.29) is 24.8 Å². The molecule has 1 saturated carbocycles. The summed E-state index contributed by atoms with van der Waals surface area (Å²) in [5.74, 6) is -4.07. The van der Waals surface area contributed by atoms with Crippen LogP contribution in [0.5, 0.6) is 0 Å². The summed E-state index contributed by atoms with van der Waals surface area (Å²) in [4.78, 5) is 36.2. The second-order valence-electron chi connectivity index (χ2n) is 5.80. The van der Waals surface area contributed by atoms with Gasteiger partial charge in [0.1, 0.15) is 0 Å². The van der Waals surface area contributed by atoms with Gasteiger partial charge in [-0.3, -0.25) is 14.4 Å². The highest BCUT2D eigenvalue weighted by molar-refractivity contribution is 5.83. The van der Waals surface area contributed by atoms with Crippen LogP contribution < -0.4 is 0 Å². The molecule has 20 heavy (non-hydrogen) atoms. The number of carbonyl (C=O) groups is 3. The van der Waals surface area contributed by atoms with Crippen molar-refractivity contribution in [3.05, 3.63) is 0 Å². The fourth-order valence-corrected chi connectivity index (χ4v) is 3.31. The number of amides is 1. The van der Waals surface area contributed by atoms with Gasteiger partial charge in [0.05, 0.1) is 11.8 Å². The molecule has 2 unspecified atom stereocenters. The third kappa shape index (κ3) is 3.11. The molecule has 0 aromatic carbocycles. The molecule has 1 heterocycles. The minimum atomic E-state index is -1.13. The average Bonchev–Trinajstić information content (AvgIpc) is 2.46. The Labute approximate surface area is 117 Å². The molecule has 2 rings (SSSR count). The summed E-state index contributed by atoms with van der Waals surface area (Å²) in [6.07, 6.45) is 5.22. The predicted octanol–water partition coefficient (Wildman–Crippen LogP) is 1.20. The molecule has 112 valence electrons. The van der Waals surface area contributed by atoms with Crippen molar-refractivity contribution >= 4 is 17.8 Å². The van der Waals surface area contributed by atoms with E-state index in [2.05, 4.69) is 0 Å². The molecule has 0 aromatic heterocycles. The zero-order valence-electron chi connectivity index (χ0n) is 11.5. The van der Waals surface area contributed by atoms with E-state index < -0.39 is 23.8 Å². The van der Waals surface area contributed by atoms with Crippen LogP contribution in [0.1, 0.15) is 38.5 Å². The highest BCUT2D eigenvalue weighted by Gasteiger charge is 2.41. The summed E-state index contributed by atoms with van der Waals surface area (Å²) in [5.41, 5.74) is 0. The van der Waals surface area contributed by atoms with Crippen LogP contribution in [0.25, 0.3) is 0 Å². The lowest BCUT2D eigenvalue weighted by atomic mass is 9.83. The van der Waals surface area contributed by atoms with Gasteiger partial charge < -0.3 is 15.1 Å². The van der Waals surface area contributed by atoms with Crippen molar-refractivity contribution in [2.24, 2.45) is 17.8 Å². The largest absolute Gasteiger partial charge is 0.481 e. The molecule has 2 aliphatic rings. The zero-order chi connectivity index (χ0) is 14.7. The lowest BCUT2D eigenvalue weighted by Crippen LogP contribution is -2.50. The number of likely N-dealkylation sites (tertiary alicyclic amines) is 1. The third-order valence-corrected chi connectivity index (χ3v) is 4.51. The average molecular weight is 283 g/mol. The molecule has 1 aliphatic carbocycles. The predicted molar refractivity (Wildman–Crippen MR) is 70.0 cm³/mol. The van der Waals surface area contributed by atoms with Gasteiger partial charge in [0.15, 0.2) is 0 Å². The van der Waals surface area contributed by atoms with Crippen molar-refractivity contribution in [2.75, 3.05) is 13.1 Å². The molecule has 1 amide bonds. The maximum Gasteiger partial charge on any atom is 0.309 e. The van der Waals surface area contributed by atoms with Gasteiger partial charge in [-0.05, 0) is 19.3 Å². The van der Waals surface area contributed by atoms with Gasteiger partial charge in [-0.2, -0.15) is 0 Å². The molecular formula is C14H21NO5. The quantitative estimate of drug-likeness (QED) is 0.811. The Morgan fingerprint density at radius 2 is 1.45 bits per heavy atom. The van der Waals surface area contributed by atoms with Crippen LogP contribution in [-0.4, -0.2) is 46.0 Å². The molecule has 2 N–H and O–H groups in total. The van der Waals surface area contributed by atoms with Crippen molar-refractivity contribution in [3.63, 3.8) is 0 Å². The summed E-state index contributed by atoms with van der Waals surface area (Å²) in [6.45, 7) is 0.387. The SMILES string of the molecule is O=C(O)C1CCN(C(=O)C2CCCCC2)CC1C(=O)O. The molecule has 0 bridgehead atoms. The monoisotopic (exact) mass is 283 g/mol. The number of hydrogen-bond donors (Lipinski definition) is 2. The topological polar surface area (TPSA) is 94.9 Å². The second-order valence-corrected chi connectivity index (χ2v) is 5.80. The Balaban J connectivity index is 2.02. The molecule has 2 fully saturated rings. The minimum absolute atomic E-state index is 0.000395. The summed E-state index contributed by atoms with van der Waals surface area (Å²) in [5, 5.41) is 18.2. The van der Waals surface area contributed by atoms with Gasteiger partial charge in [-0.25, -0.2) is 0 Å². The number of piperidine rings is 1. The first-order valence-corrected chi connectivity index (χ1v) is 7.25.